The predicted octanol–water partition coefficient (Wildman–Crippen LogP) is 4.41. The summed E-state index contributed by atoms with van der Waals surface area (Å²) in [7, 11) is 0. The molecule has 1 nitrogen and oxygen atoms in total. The van der Waals surface area contributed by atoms with Gasteiger partial charge in [0.2, 0.25) is 0 Å². The fourth-order valence-corrected chi connectivity index (χ4v) is 2.57. The zero-order chi connectivity index (χ0) is 11.4. The third kappa shape index (κ3) is 2.90. The molecule has 0 atom stereocenters. The number of hydrogen-bond acceptors (Lipinski definition) is 2. The van der Waals surface area contributed by atoms with Gasteiger partial charge < -0.3 is 0 Å². The number of carbonyl (C=O) groups excluding carboxylic acids is 1. The lowest BCUT2D eigenvalue weighted by atomic mass is 10.2. The minimum absolute atomic E-state index is 0.0413. The van der Waals surface area contributed by atoms with E-state index >= 15 is 0 Å². The molecule has 0 unspecified atom stereocenters. The van der Waals surface area contributed by atoms with Gasteiger partial charge >= 0.3 is 0 Å². The van der Waals surface area contributed by atoms with Crippen LogP contribution in [0.25, 0.3) is 6.08 Å². The number of thiophene rings is 1. The first-order valence-corrected chi connectivity index (χ1v) is 6.39. The molecule has 0 saturated heterocycles. The summed E-state index contributed by atoms with van der Waals surface area (Å²) in [6.07, 6.45) is 3.43. The zero-order valence-electron chi connectivity index (χ0n) is 8.39. The maximum absolute atomic E-state index is 11.7. The largest absolute Gasteiger partial charge is 0.288 e. The first-order valence-electron chi connectivity index (χ1n) is 4.78. The zero-order valence-corrected chi connectivity index (χ0v) is 10.8. The summed E-state index contributed by atoms with van der Waals surface area (Å²) in [5, 5.41) is 0. The van der Waals surface area contributed by atoms with Crippen LogP contribution < -0.4 is 0 Å². The van der Waals surface area contributed by atoms with Gasteiger partial charge in [-0.25, -0.2) is 0 Å². The molecule has 1 aromatic carbocycles. The van der Waals surface area contributed by atoms with Gasteiger partial charge in [-0.05, 0) is 39.7 Å². The first kappa shape index (κ1) is 11.3. The molecule has 1 heterocycles. The Bertz CT molecular complexity index is 514. The molecule has 0 aliphatic carbocycles. The molecular weight excluding hydrogens is 284 g/mol. The average Bonchev–Trinajstić information content (AvgIpc) is 2.74. The quantitative estimate of drug-likeness (QED) is 0.605. The Morgan fingerprint density at radius 1 is 1.12 bits per heavy atom. The van der Waals surface area contributed by atoms with Crippen LogP contribution in [0, 0.1) is 0 Å². The van der Waals surface area contributed by atoms with Crippen LogP contribution in [0.1, 0.15) is 15.2 Å². The van der Waals surface area contributed by atoms with Crippen molar-refractivity contribution in [1.82, 2.24) is 0 Å². The number of carbonyl (C=O) groups is 1. The van der Waals surface area contributed by atoms with Gasteiger partial charge in [0.15, 0.2) is 5.78 Å². The van der Waals surface area contributed by atoms with Gasteiger partial charge in [0.1, 0.15) is 0 Å². The van der Waals surface area contributed by atoms with Gasteiger partial charge in [0, 0.05) is 0 Å². The minimum Gasteiger partial charge on any atom is -0.288 e. The van der Waals surface area contributed by atoms with E-state index in [0.29, 0.717) is 0 Å². The fourth-order valence-electron chi connectivity index (χ4n) is 1.26. The van der Waals surface area contributed by atoms with Gasteiger partial charge in [-0.1, -0.05) is 36.4 Å². The predicted molar refractivity (Wildman–Crippen MR) is 71.8 cm³/mol. The van der Waals surface area contributed by atoms with Crippen LogP contribution >= 0.6 is 27.3 Å². The van der Waals surface area contributed by atoms with E-state index in [4.69, 9.17) is 0 Å². The normalized spacial score (nSPS) is 10.8. The second-order valence-electron chi connectivity index (χ2n) is 3.21. The first-order chi connectivity index (χ1) is 7.75. The van der Waals surface area contributed by atoms with E-state index < -0.39 is 0 Å². The van der Waals surface area contributed by atoms with Crippen LogP contribution in [-0.2, 0) is 0 Å². The van der Waals surface area contributed by atoms with Crippen molar-refractivity contribution in [3.05, 3.63) is 62.8 Å². The molecule has 0 saturated carbocycles. The number of halogens is 1. The maximum atomic E-state index is 11.7. The van der Waals surface area contributed by atoms with Crippen LogP contribution in [-0.4, -0.2) is 5.78 Å². The van der Waals surface area contributed by atoms with E-state index in [2.05, 4.69) is 15.9 Å². The van der Waals surface area contributed by atoms with Crippen LogP contribution in [0.2, 0.25) is 0 Å². The average molecular weight is 293 g/mol. The number of hydrogen-bond donors (Lipinski definition) is 0. The van der Waals surface area contributed by atoms with Crippen molar-refractivity contribution < 1.29 is 4.79 Å². The van der Waals surface area contributed by atoms with E-state index in [0.717, 1.165) is 14.2 Å². The highest BCUT2D eigenvalue weighted by atomic mass is 79.9. The lowest BCUT2D eigenvalue weighted by Crippen LogP contribution is -1.88. The summed E-state index contributed by atoms with van der Waals surface area (Å²) in [5.41, 5.74) is 1.03. The van der Waals surface area contributed by atoms with Crippen molar-refractivity contribution in [2.45, 2.75) is 0 Å². The van der Waals surface area contributed by atoms with Crippen LogP contribution in [0.5, 0.6) is 0 Å². The maximum Gasteiger partial charge on any atom is 0.195 e. The molecule has 1 aromatic heterocycles. The molecular formula is C13H9BrOS. The number of rotatable bonds is 3. The van der Waals surface area contributed by atoms with E-state index in [1.807, 2.05) is 48.5 Å². The Morgan fingerprint density at radius 3 is 2.50 bits per heavy atom. The highest BCUT2D eigenvalue weighted by Gasteiger charge is 2.04. The smallest absolute Gasteiger partial charge is 0.195 e. The summed E-state index contributed by atoms with van der Waals surface area (Å²) in [6, 6.07) is 13.5. The van der Waals surface area contributed by atoms with E-state index in [1.165, 1.54) is 11.3 Å². The summed E-state index contributed by atoms with van der Waals surface area (Å²) in [5.74, 6) is 0.0413. The lowest BCUT2D eigenvalue weighted by Gasteiger charge is -1.91. The van der Waals surface area contributed by atoms with Crippen molar-refractivity contribution in [2.75, 3.05) is 0 Å². The standard InChI is InChI=1S/C13H9BrOS/c14-13-9-8-12(16-13)11(15)7-6-10-4-2-1-3-5-10/h1-9H. The molecule has 0 radical (unpaired) electrons. The highest BCUT2D eigenvalue weighted by Crippen LogP contribution is 2.22. The molecule has 0 aliphatic rings. The SMILES string of the molecule is O=C(C=Cc1ccccc1)c1ccc(Br)s1. The van der Waals surface area contributed by atoms with Crippen LogP contribution in [0.15, 0.2) is 52.3 Å². The van der Waals surface area contributed by atoms with Crippen molar-refractivity contribution in [2.24, 2.45) is 0 Å². The highest BCUT2D eigenvalue weighted by molar-refractivity contribution is 9.11. The lowest BCUT2D eigenvalue weighted by molar-refractivity contribution is 0.105. The summed E-state index contributed by atoms with van der Waals surface area (Å²) >= 11 is 4.79. The molecule has 3 heteroatoms. The van der Waals surface area contributed by atoms with E-state index in [-0.39, 0.29) is 5.78 Å². The van der Waals surface area contributed by atoms with Gasteiger partial charge in [-0.15, -0.1) is 11.3 Å². The van der Waals surface area contributed by atoms with Gasteiger partial charge in [0.25, 0.3) is 0 Å². The van der Waals surface area contributed by atoms with Gasteiger partial charge in [-0.2, -0.15) is 0 Å². The molecule has 0 aliphatic heterocycles. The summed E-state index contributed by atoms with van der Waals surface area (Å²) < 4.78 is 0.976. The fraction of sp³-hybridized carbons (Fsp3) is 0. The van der Waals surface area contributed by atoms with Gasteiger partial charge in [-0.3, -0.25) is 4.79 Å². The third-order valence-electron chi connectivity index (χ3n) is 2.04. The summed E-state index contributed by atoms with van der Waals surface area (Å²) in [6.45, 7) is 0. The summed E-state index contributed by atoms with van der Waals surface area (Å²) in [4.78, 5) is 12.5. The minimum atomic E-state index is 0.0413. The number of ketones is 1. The van der Waals surface area contributed by atoms with Crippen molar-refractivity contribution in [3.63, 3.8) is 0 Å². The molecule has 2 aromatic rings. The van der Waals surface area contributed by atoms with Crippen molar-refractivity contribution in [3.8, 4) is 0 Å². The van der Waals surface area contributed by atoms with E-state index in [9.17, 15) is 4.79 Å². The Morgan fingerprint density at radius 2 is 1.88 bits per heavy atom. The molecule has 80 valence electrons. The Labute approximate surface area is 107 Å². The Kier molecular flexibility index (Phi) is 3.70. The van der Waals surface area contributed by atoms with Crippen LogP contribution in [0.3, 0.4) is 0 Å². The molecule has 16 heavy (non-hydrogen) atoms. The number of benzene rings is 1. The second-order valence-corrected chi connectivity index (χ2v) is 5.68. The van der Waals surface area contributed by atoms with Crippen molar-refractivity contribution >= 4 is 39.1 Å². The topological polar surface area (TPSA) is 17.1 Å². The van der Waals surface area contributed by atoms with Crippen molar-refractivity contribution in [1.29, 1.82) is 0 Å². The molecule has 0 amide bonds. The molecule has 0 bridgehead atoms. The second kappa shape index (κ2) is 5.23. The molecule has 0 N–H and O–H groups in total. The molecule has 0 spiro atoms. The third-order valence-corrected chi connectivity index (χ3v) is 3.68. The van der Waals surface area contributed by atoms with E-state index in [1.54, 1.807) is 6.08 Å². The molecule has 0 fully saturated rings. The van der Waals surface area contributed by atoms with Gasteiger partial charge in [0.05, 0.1) is 8.66 Å². The Balaban J connectivity index is 2.11. The van der Waals surface area contributed by atoms with Crippen LogP contribution in [0.4, 0.5) is 0 Å². The molecule has 2 rings (SSSR count). The number of allylic oxidation sites excluding steroid dienone is 1. The Hall–Kier alpha value is -1.19. The monoisotopic (exact) mass is 292 g/mol.